The van der Waals surface area contributed by atoms with E-state index in [0.717, 1.165) is 55.6 Å². The van der Waals surface area contributed by atoms with E-state index < -0.39 is 5.60 Å². The molecule has 2 nitrogen and oxygen atoms in total. The topological polar surface area (TPSA) is 32.3 Å². The second-order valence-corrected chi connectivity index (χ2v) is 6.86. The molecule has 0 aliphatic heterocycles. The van der Waals surface area contributed by atoms with Crippen LogP contribution in [0.2, 0.25) is 0 Å². The Morgan fingerprint density at radius 1 is 1.29 bits per heavy atom. The minimum absolute atomic E-state index is 0.0843. The van der Waals surface area contributed by atoms with Crippen LogP contribution in [0.1, 0.15) is 62.6 Å². The molecule has 0 saturated heterocycles. The molecule has 21 heavy (non-hydrogen) atoms. The SMILES string of the molecule is CCC1CCC(O)(CNC2CCc3c(F)cccc32)CC1. The van der Waals surface area contributed by atoms with E-state index in [1.165, 1.54) is 6.42 Å². The van der Waals surface area contributed by atoms with Crippen molar-refractivity contribution in [3.63, 3.8) is 0 Å². The average molecular weight is 291 g/mol. The lowest BCUT2D eigenvalue weighted by atomic mass is 9.77. The Hall–Kier alpha value is -0.930. The number of hydrogen-bond acceptors (Lipinski definition) is 2. The molecule has 1 saturated carbocycles. The fourth-order valence-electron chi connectivity index (χ4n) is 3.93. The van der Waals surface area contributed by atoms with Gasteiger partial charge in [-0.05, 0) is 61.6 Å². The minimum atomic E-state index is -0.568. The third kappa shape index (κ3) is 3.14. The summed E-state index contributed by atoms with van der Waals surface area (Å²) in [5, 5.41) is 14.2. The van der Waals surface area contributed by atoms with Gasteiger partial charge in [0.25, 0.3) is 0 Å². The molecule has 1 aromatic carbocycles. The minimum Gasteiger partial charge on any atom is -0.389 e. The lowest BCUT2D eigenvalue weighted by molar-refractivity contribution is -0.0106. The lowest BCUT2D eigenvalue weighted by Gasteiger charge is -2.36. The Morgan fingerprint density at radius 3 is 2.76 bits per heavy atom. The van der Waals surface area contributed by atoms with E-state index in [0.29, 0.717) is 6.54 Å². The van der Waals surface area contributed by atoms with Gasteiger partial charge in [-0.3, -0.25) is 0 Å². The van der Waals surface area contributed by atoms with E-state index in [1.807, 2.05) is 6.07 Å². The van der Waals surface area contributed by atoms with Gasteiger partial charge < -0.3 is 10.4 Å². The maximum Gasteiger partial charge on any atom is 0.126 e. The predicted octanol–water partition coefficient (Wildman–Crippen LogP) is 3.73. The normalized spacial score (nSPS) is 32.1. The van der Waals surface area contributed by atoms with Crippen molar-refractivity contribution in [2.75, 3.05) is 6.54 Å². The molecule has 0 bridgehead atoms. The number of rotatable bonds is 4. The number of halogens is 1. The predicted molar refractivity (Wildman–Crippen MR) is 82.7 cm³/mol. The van der Waals surface area contributed by atoms with Crippen LogP contribution in [0.3, 0.4) is 0 Å². The van der Waals surface area contributed by atoms with Crippen molar-refractivity contribution in [1.29, 1.82) is 0 Å². The van der Waals surface area contributed by atoms with Crippen LogP contribution in [-0.4, -0.2) is 17.3 Å². The van der Waals surface area contributed by atoms with Crippen LogP contribution in [0, 0.1) is 11.7 Å². The molecule has 3 heteroatoms. The lowest BCUT2D eigenvalue weighted by Crippen LogP contribution is -2.44. The zero-order chi connectivity index (χ0) is 14.9. The van der Waals surface area contributed by atoms with E-state index >= 15 is 0 Å². The van der Waals surface area contributed by atoms with E-state index in [1.54, 1.807) is 12.1 Å². The van der Waals surface area contributed by atoms with Crippen LogP contribution in [-0.2, 0) is 6.42 Å². The van der Waals surface area contributed by atoms with Crippen molar-refractivity contribution in [2.24, 2.45) is 5.92 Å². The molecule has 0 aromatic heterocycles. The Labute approximate surface area is 126 Å². The number of aliphatic hydroxyl groups is 1. The molecule has 2 aliphatic rings. The van der Waals surface area contributed by atoms with Crippen molar-refractivity contribution in [2.45, 2.75) is 63.5 Å². The highest BCUT2D eigenvalue weighted by molar-refractivity contribution is 5.35. The van der Waals surface area contributed by atoms with E-state index in [2.05, 4.69) is 12.2 Å². The van der Waals surface area contributed by atoms with E-state index in [4.69, 9.17) is 0 Å². The van der Waals surface area contributed by atoms with Crippen LogP contribution in [0.25, 0.3) is 0 Å². The van der Waals surface area contributed by atoms with Gasteiger partial charge >= 0.3 is 0 Å². The van der Waals surface area contributed by atoms with E-state index in [9.17, 15) is 9.50 Å². The first-order valence-electron chi connectivity index (χ1n) is 8.34. The van der Waals surface area contributed by atoms with Crippen LogP contribution in [0.4, 0.5) is 4.39 Å². The zero-order valence-corrected chi connectivity index (χ0v) is 12.9. The summed E-state index contributed by atoms with van der Waals surface area (Å²) in [4.78, 5) is 0. The van der Waals surface area contributed by atoms with Crippen LogP contribution in [0.5, 0.6) is 0 Å². The van der Waals surface area contributed by atoms with Gasteiger partial charge in [0.1, 0.15) is 5.82 Å². The summed E-state index contributed by atoms with van der Waals surface area (Å²) in [6.45, 7) is 2.86. The number of hydrogen-bond donors (Lipinski definition) is 2. The molecule has 0 heterocycles. The third-order valence-corrected chi connectivity index (χ3v) is 5.50. The highest BCUT2D eigenvalue weighted by atomic mass is 19.1. The molecule has 1 unspecified atom stereocenters. The molecule has 3 rings (SSSR count). The smallest absolute Gasteiger partial charge is 0.126 e. The summed E-state index contributed by atoms with van der Waals surface area (Å²) in [6.07, 6.45) is 7.00. The summed E-state index contributed by atoms with van der Waals surface area (Å²) in [7, 11) is 0. The van der Waals surface area contributed by atoms with Crippen LogP contribution >= 0.6 is 0 Å². The second kappa shape index (κ2) is 6.05. The van der Waals surface area contributed by atoms with Gasteiger partial charge in [0.15, 0.2) is 0 Å². The standard InChI is InChI=1S/C18H26FNO/c1-2-13-8-10-18(21,11-9-13)12-20-17-7-6-14-15(17)4-3-5-16(14)19/h3-5,13,17,20-21H,2,6-12H2,1H3. The van der Waals surface area contributed by atoms with Gasteiger partial charge in [0, 0.05) is 12.6 Å². The Bertz CT molecular complexity index is 494. The fraction of sp³-hybridized carbons (Fsp3) is 0.667. The van der Waals surface area contributed by atoms with Crippen LogP contribution in [0.15, 0.2) is 18.2 Å². The molecule has 0 amide bonds. The van der Waals surface area contributed by atoms with Gasteiger partial charge in [0.2, 0.25) is 0 Å². The zero-order valence-electron chi connectivity index (χ0n) is 12.9. The Morgan fingerprint density at radius 2 is 2.05 bits per heavy atom. The average Bonchev–Trinajstić information content (AvgIpc) is 2.91. The monoisotopic (exact) mass is 291 g/mol. The van der Waals surface area contributed by atoms with E-state index in [-0.39, 0.29) is 11.9 Å². The van der Waals surface area contributed by atoms with Gasteiger partial charge in [-0.15, -0.1) is 0 Å². The van der Waals surface area contributed by atoms with Crippen molar-refractivity contribution < 1.29 is 9.50 Å². The van der Waals surface area contributed by atoms with Crippen molar-refractivity contribution in [3.05, 3.63) is 35.1 Å². The molecule has 116 valence electrons. The van der Waals surface area contributed by atoms with Gasteiger partial charge in [-0.1, -0.05) is 25.5 Å². The molecule has 0 spiro atoms. The largest absolute Gasteiger partial charge is 0.389 e. The highest BCUT2D eigenvalue weighted by Gasteiger charge is 2.34. The molecule has 0 radical (unpaired) electrons. The summed E-state index contributed by atoms with van der Waals surface area (Å²) >= 11 is 0. The molecular formula is C18H26FNO. The molecule has 2 N–H and O–H groups in total. The summed E-state index contributed by atoms with van der Waals surface area (Å²) in [5.74, 6) is 0.700. The molecular weight excluding hydrogens is 265 g/mol. The first kappa shape index (κ1) is 15.0. The molecule has 1 atom stereocenters. The molecule has 2 aliphatic carbocycles. The maximum atomic E-state index is 13.7. The summed E-state index contributed by atoms with van der Waals surface area (Å²) in [6, 6.07) is 5.54. The molecule has 1 aromatic rings. The number of benzene rings is 1. The first-order chi connectivity index (χ1) is 10.1. The molecule has 1 fully saturated rings. The number of fused-ring (bicyclic) bond motifs is 1. The third-order valence-electron chi connectivity index (χ3n) is 5.50. The van der Waals surface area contributed by atoms with Crippen molar-refractivity contribution >= 4 is 0 Å². The number of nitrogens with one attached hydrogen (secondary N) is 1. The van der Waals surface area contributed by atoms with Gasteiger partial charge in [0.05, 0.1) is 5.60 Å². The fourth-order valence-corrected chi connectivity index (χ4v) is 3.93. The second-order valence-electron chi connectivity index (χ2n) is 6.86. The van der Waals surface area contributed by atoms with Gasteiger partial charge in [-0.25, -0.2) is 4.39 Å². The summed E-state index contributed by atoms with van der Waals surface area (Å²) < 4.78 is 13.7. The van der Waals surface area contributed by atoms with Gasteiger partial charge in [-0.2, -0.15) is 0 Å². The maximum absolute atomic E-state index is 13.7. The van der Waals surface area contributed by atoms with Crippen molar-refractivity contribution in [3.8, 4) is 0 Å². The quantitative estimate of drug-likeness (QED) is 0.886. The van der Waals surface area contributed by atoms with Crippen molar-refractivity contribution in [1.82, 2.24) is 5.32 Å². The Balaban J connectivity index is 1.59. The Kier molecular flexibility index (Phi) is 4.32. The first-order valence-corrected chi connectivity index (χ1v) is 8.34. The highest BCUT2D eigenvalue weighted by Crippen LogP contribution is 2.36. The van der Waals surface area contributed by atoms with Crippen LogP contribution < -0.4 is 5.32 Å². The summed E-state index contributed by atoms with van der Waals surface area (Å²) in [5.41, 5.74) is 1.37.